The van der Waals surface area contributed by atoms with Crippen molar-refractivity contribution in [2.24, 2.45) is 5.92 Å². The average molecular weight is 357 g/mol. The van der Waals surface area contributed by atoms with Gasteiger partial charge in [-0.2, -0.15) is 0 Å². The molecule has 25 heavy (non-hydrogen) atoms. The molecule has 1 amide bonds. The Labute approximate surface area is 149 Å². The second kappa shape index (κ2) is 6.04. The van der Waals surface area contributed by atoms with Gasteiger partial charge in [-0.05, 0) is 24.8 Å². The number of hydrogen-bond acceptors (Lipinski definition) is 3. The lowest BCUT2D eigenvalue weighted by Gasteiger charge is -2.14. The molecule has 2 heterocycles. The van der Waals surface area contributed by atoms with E-state index in [1.54, 1.807) is 21.2 Å². The van der Waals surface area contributed by atoms with Gasteiger partial charge in [-0.1, -0.05) is 29.8 Å². The number of amides is 1. The van der Waals surface area contributed by atoms with Crippen molar-refractivity contribution in [3.05, 3.63) is 57.7 Å². The van der Waals surface area contributed by atoms with Crippen molar-refractivity contribution in [1.82, 2.24) is 19.3 Å². The Bertz CT molecular complexity index is 1030. The number of aromatic nitrogens is 3. The SMILES string of the molecule is CNC(=O)c1cn2cc(-c3ccccc3Cl)n(CC3CC3)c(=O)c2n1. The first-order valence-electron chi connectivity index (χ1n) is 8.18. The van der Waals surface area contributed by atoms with E-state index in [4.69, 9.17) is 11.6 Å². The van der Waals surface area contributed by atoms with Crippen molar-refractivity contribution < 1.29 is 4.79 Å². The topological polar surface area (TPSA) is 68.4 Å². The molecule has 6 nitrogen and oxygen atoms in total. The minimum Gasteiger partial charge on any atom is -0.354 e. The fourth-order valence-corrected chi connectivity index (χ4v) is 3.18. The number of benzene rings is 1. The minimum atomic E-state index is -0.323. The predicted molar refractivity (Wildman–Crippen MR) is 96.0 cm³/mol. The van der Waals surface area contributed by atoms with Gasteiger partial charge in [-0.15, -0.1) is 0 Å². The van der Waals surface area contributed by atoms with Crippen LogP contribution in [0.4, 0.5) is 0 Å². The van der Waals surface area contributed by atoms with E-state index in [0.717, 1.165) is 24.1 Å². The Hall–Kier alpha value is -2.60. The van der Waals surface area contributed by atoms with E-state index in [1.807, 2.05) is 24.4 Å². The van der Waals surface area contributed by atoms with E-state index in [-0.39, 0.29) is 22.8 Å². The fraction of sp³-hybridized carbons (Fsp3) is 0.278. The van der Waals surface area contributed by atoms with Crippen molar-refractivity contribution in [2.45, 2.75) is 19.4 Å². The second-order valence-electron chi connectivity index (χ2n) is 6.29. The number of fused-ring (bicyclic) bond motifs is 1. The maximum absolute atomic E-state index is 13.0. The van der Waals surface area contributed by atoms with Crippen molar-refractivity contribution in [3.8, 4) is 11.3 Å². The molecule has 1 fully saturated rings. The van der Waals surface area contributed by atoms with Gasteiger partial charge in [0.25, 0.3) is 11.5 Å². The monoisotopic (exact) mass is 356 g/mol. The molecule has 1 aromatic carbocycles. The molecule has 0 radical (unpaired) electrons. The summed E-state index contributed by atoms with van der Waals surface area (Å²) in [6.45, 7) is 0.637. The zero-order chi connectivity index (χ0) is 17.6. The number of nitrogens with one attached hydrogen (secondary N) is 1. The first-order chi connectivity index (χ1) is 12.1. The van der Waals surface area contributed by atoms with Crippen LogP contribution < -0.4 is 10.9 Å². The Morgan fingerprint density at radius 2 is 2.08 bits per heavy atom. The van der Waals surface area contributed by atoms with E-state index >= 15 is 0 Å². The Balaban J connectivity index is 1.97. The normalized spacial score (nSPS) is 14.0. The van der Waals surface area contributed by atoms with Crippen LogP contribution in [0.3, 0.4) is 0 Å². The summed E-state index contributed by atoms with van der Waals surface area (Å²) in [4.78, 5) is 29.1. The maximum atomic E-state index is 13.0. The standard InChI is InChI=1S/C18H17ClN4O2/c1-20-17(24)14-9-22-10-15(12-4-2-3-5-13(12)19)23(8-11-6-7-11)18(25)16(22)21-14/h2-5,9-11H,6-8H2,1H3,(H,20,24). The van der Waals surface area contributed by atoms with Crippen LogP contribution in [0.2, 0.25) is 5.02 Å². The predicted octanol–water partition coefficient (Wildman–Crippen LogP) is 2.59. The molecule has 128 valence electrons. The first-order valence-corrected chi connectivity index (χ1v) is 8.56. The van der Waals surface area contributed by atoms with Crippen LogP contribution in [0.25, 0.3) is 16.9 Å². The summed E-state index contributed by atoms with van der Waals surface area (Å²) in [6, 6.07) is 7.44. The lowest BCUT2D eigenvalue weighted by Crippen LogP contribution is -2.25. The van der Waals surface area contributed by atoms with E-state index in [9.17, 15) is 9.59 Å². The molecule has 0 atom stereocenters. The van der Waals surface area contributed by atoms with Crippen LogP contribution in [0, 0.1) is 5.92 Å². The summed E-state index contributed by atoms with van der Waals surface area (Å²) in [5.41, 5.74) is 1.78. The number of halogens is 1. The van der Waals surface area contributed by atoms with Gasteiger partial charge in [0.1, 0.15) is 5.69 Å². The summed E-state index contributed by atoms with van der Waals surface area (Å²) in [7, 11) is 1.53. The summed E-state index contributed by atoms with van der Waals surface area (Å²) in [5, 5.41) is 3.11. The Morgan fingerprint density at radius 3 is 2.76 bits per heavy atom. The molecule has 1 aliphatic carbocycles. The third-order valence-corrected chi connectivity index (χ3v) is 4.80. The number of hydrogen-bond donors (Lipinski definition) is 1. The van der Waals surface area contributed by atoms with Crippen LogP contribution in [0.5, 0.6) is 0 Å². The highest BCUT2D eigenvalue weighted by Crippen LogP contribution is 2.33. The van der Waals surface area contributed by atoms with Gasteiger partial charge in [0, 0.05) is 36.6 Å². The third kappa shape index (κ3) is 2.82. The van der Waals surface area contributed by atoms with Crippen molar-refractivity contribution in [3.63, 3.8) is 0 Å². The number of carbonyl (C=O) groups is 1. The molecule has 3 aromatic rings. The van der Waals surface area contributed by atoms with Gasteiger partial charge in [0.05, 0.1) is 5.69 Å². The summed E-state index contributed by atoms with van der Waals surface area (Å²) in [5.74, 6) is 0.186. The van der Waals surface area contributed by atoms with Crippen molar-refractivity contribution >= 4 is 23.2 Å². The van der Waals surface area contributed by atoms with Gasteiger partial charge < -0.3 is 9.88 Å². The number of rotatable bonds is 4. The molecule has 0 spiro atoms. The Kier molecular flexibility index (Phi) is 3.84. The molecular weight excluding hydrogens is 340 g/mol. The summed E-state index contributed by atoms with van der Waals surface area (Å²) < 4.78 is 3.34. The van der Waals surface area contributed by atoms with Crippen LogP contribution in [-0.2, 0) is 6.54 Å². The maximum Gasteiger partial charge on any atom is 0.294 e. The Morgan fingerprint density at radius 1 is 1.32 bits per heavy atom. The molecule has 2 aromatic heterocycles. The van der Waals surface area contributed by atoms with Crippen molar-refractivity contribution in [2.75, 3.05) is 7.05 Å². The zero-order valence-corrected chi connectivity index (χ0v) is 14.5. The van der Waals surface area contributed by atoms with E-state index in [0.29, 0.717) is 17.5 Å². The van der Waals surface area contributed by atoms with Gasteiger partial charge in [0.2, 0.25) is 5.65 Å². The summed E-state index contributed by atoms with van der Waals surface area (Å²) >= 11 is 6.36. The first kappa shape index (κ1) is 15.9. The van der Waals surface area contributed by atoms with Crippen molar-refractivity contribution in [1.29, 1.82) is 0 Å². The minimum absolute atomic E-state index is 0.209. The van der Waals surface area contributed by atoms with Gasteiger partial charge in [-0.25, -0.2) is 4.98 Å². The third-order valence-electron chi connectivity index (χ3n) is 4.47. The quantitative estimate of drug-likeness (QED) is 0.781. The molecule has 0 bridgehead atoms. The van der Waals surface area contributed by atoms with Gasteiger partial charge in [0.15, 0.2) is 0 Å². The van der Waals surface area contributed by atoms with Crippen LogP contribution in [0.15, 0.2) is 41.5 Å². The van der Waals surface area contributed by atoms with Gasteiger partial charge >= 0.3 is 0 Å². The van der Waals surface area contributed by atoms with E-state index in [1.165, 1.54) is 7.05 Å². The van der Waals surface area contributed by atoms with E-state index in [2.05, 4.69) is 10.3 Å². The number of nitrogens with zero attached hydrogens (tertiary/aromatic N) is 3. The number of imidazole rings is 1. The van der Waals surface area contributed by atoms with Crippen LogP contribution >= 0.6 is 11.6 Å². The molecule has 0 saturated heterocycles. The molecule has 1 N–H and O–H groups in total. The van der Waals surface area contributed by atoms with Crippen LogP contribution in [0.1, 0.15) is 23.3 Å². The molecular formula is C18H17ClN4O2. The lowest BCUT2D eigenvalue weighted by atomic mass is 10.1. The highest BCUT2D eigenvalue weighted by atomic mass is 35.5. The molecule has 7 heteroatoms. The fourth-order valence-electron chi connectivity index (χ4n) is 2.94. The van der Waals surface area contributed by atoms with Gasteiger partial charge in [-0.3, -0.25) is 14.0 Å². The summed E-state index contributed by atoms with van der Waals surface area (Å²) in [6.07, 6.45) is 5.63. The largest absolute Gasteiger partial charge is 0.354 e. The van der Waals surface area contributed by atoms with E-state index < -0.39 is 0 Å². The molecule has 0 aliphatic heterocycles. The molecule has 1 aliphatic rings. The highest BCUT2D eigenvalue weighted by molar-refractivity contribution is 6.33. The molecule has 0 unspecified atom stereocenters. The smallest absolute Gasteiger partial charge is 0.294 e. The lowest BCUT2D eigenvalue weighted by molar-refractivity contribution is 0.0959. The van der Waals surface area contributed by atoms with Crippen LogP contribution in [-0.4, -0.2) is 26.9 Å². The zero-order valence-electron chi connectivity index (χ0n) is 13.7. The molecule has 1 saturated carbocycles. The molecule has 4 rings (SSSR count). The number of carbonyl (C=O) groups excluding carboxylic acids is 1. The second-order valence-corrected chi connectivity index (χ2v) is 6.70. The highest BCUT2D eigenvalue weighted by Gasteiger charge is 2.25. The average Bonchev–Trinajstić information content (AvgIpc) is 3.33.